The van der Waals surface area contributed by atoms with Crippen molar-refractivity contribution in [3.05, 3.63) is 47.9 Å². The van der Waals surface area contributed by atoms with E-state index in [2.05, 4.69) is 26.9 Å². The Morgan fingerprint density at radius 3 is 2.88 bits per heavy atom. The van der Waals surface area contributed by atoms with Crippen molar-refractivity contribution in [2.24, 2.45) is 0 Å². The molecule has 132 valence electrons. The summed E-state index contributed by atoms with van der Waals surface area (Å²) in [5.41, 5.74) is 2.02. The second-order valence-electron chi connectivity index (χ2n) is 5.78. The van der Waals surface area contributed by atoms with E-state index in [1.807, 2.05) is 30.3 Å². The first kappa shape index (κ1) is 17.2. The second-order valence-corrected chi connectivity index (χ2v) is 5.78. The maximum Gasteiger partial charge on any atom is 0.254 e. The molecule has 1 N–H and O–H groups in total. The molecule has 0 saturated carbocycles. The van der Waals surface area contributed by atoms with Crippen molar-refractivity contribution in [1.82, 2.24) is 19.6 Å². The molecule has 0 fully saturated rings. The third-order valence-corrected chi connectivity index (χ3v) is 4.04. The molecule has 0 aliphatic rings. The molecular formula is C18H23N5O2. The van der Waals surface area contributed by atoms with Gasteiger partial charge in [0.1, 0.15) is 17.9 Å². The van der Waals surface area contributed by atoms with Crippen molar-refractivity contribution in [1.29, 1.82) is 0 Å². The number of hydrogen-bond donors (Lipinski definition) is 1. The molecule has 0 unspecified atom stereocenters. The highest BCUT2D eigenvalue weighted by molar-refractivity contribution is 5.49. The molecule has 0 amide bonds. The van der Waals surface area contributed by atoms with E-state index in [1.165, 1.54) is 6.33 Å². The predicted octanol–water partition coefficient (Wildman–Crippen LogP) is 2.08. The number of aliphatic hydroxyl groups excluding tert-OH is 1. The molecule has 0 bridgehead atoms. The van der Waals surface area contributed by atoms with Gasteiger partial charge in [0.25, 0.3) is 5.78 Å². The summed E-state index contributed by atoms with van der Waals surface area (Å²) in [6.45, 7) is 3.23. The van der Waals surface area contributed by atoms with Gasteiger partial charge in [0, 0.05) is 30.4 Å². The molecule has 1 aromatic carbocycles. The maximum absolute atomic E-state index is 9.56. The summed E-state index contributed by atoms with van der Waals surface area (Å²) in [5.74, 6) is 2.26. The molecule has 2 heterocycles. The van der Waals surface area contributed by atoms with Gasteiger partial charge in [-0.05, 0) is 12.5 Å². The molecule has 0 radical (unpaired) electrons. The van der Waals surface area contributed by atoms with E-state index >= 15 is 0 Å². The lowest BCUT2D eigenvalue weighted by Crippen LogP contribution is -2.29. The zero-order valence-corrected chi connectivity index (χ0v) is 14.6. The smallest absolute Gasteiger partial charge is 0.254 e. The molecule has 0 spiro atoms. The van der Waals surface area contributed by atoms with Crippen molar-refractivity contribution in [3.8, 4) is 5.75 Å². The van der Waals surface area contributed by atoms with E-state index in [1.54, 1.807) is 11.6 Å². The van der Waals surface area contributed by atoms with Crippen LogP contribution in [0.25, 0.3) is 5.78 Å². The van der Waals surface area contributed by atoms with Gasteiger partial charge in [0.15, 0.2) is 0 Å². The van der Waals surface area contributed by atoms with E-state index in [9.17, 15) is 5.11 Å². The summed E-state index contributed by atoms with van der Waals surface area (Å²) in [4.78, 5) is 10.8. The highest BCUT2D eigenvalue weighted by atomic mass is 16.5. The van der Waals surface area contributed by atoms with Crippen LogP contribution in [0.1, 0.15) is 24.6 Å². The normalized spacial score (nSPS) is 11.0. The summed E-state index contributed by atoms with van der Waals surface area (Å²) in [6.07, 6.45) is 3.38. The molecule has 7 heteroatoms. The number of nitrogens with zero attached hydrogens (tertiary/aromatic N) is 5. The van der Waals surface area contributed by atoms with Gasteiger partial charge in [-0.2, -0.15) is 14.6 Å². The minimum Gasteiger partial charge on any atom is -0.496 e. The number of ether oxygens (including phenoxy) is 1. The molecule has 0 atom stereocenters. The minimum atomic E-state index is 0.0385. The quantitative estimate of drug-likeness (QED) is 0.676. The Hall–Kier alpha value is -2.67. The van der Waals surface area contributed by atoms with Gasteiger partial charge in [-0.15, -0.1) is 0 Å². The average molecular weight is 341 g/mol. The fraction of sp³-hybridized carbons (Fsp3) is 0.389. The van der Waals surface area contributed by atoms with E-state index in [0.717, 1.165) is 35.7 Å². The van der Waals surface area contributed by atoms with Gasteiger partial charge >= 0.3 is 0 Å². The zero-order chi connectivity index (χ0) is 17.6. The summed E-state index contributed by atoms with van der Waals surface area (Å²) >= 11 is 0. The molecule has 0 aliphatic carbocycles. The summed E-state index contributed by atoms with van der Waals surface area (Å²) in [7, 11) is 1.66. The first-order chi connectivity index (χ1) is 12.3. The van der Waals surface area contributed by atoms with Crippen LogP contribution in [0.4, 0.5) is 5.82 Å². The molecule has 0 saturated heterocycles. The Morgan fingerprint density at radius 1 is 1.28 bits per heavy atom. The molecule has 7 nitrogen and oxygen atoms in total. The minimum absolute atomic E-state index is 0.0385. The molecule has 3 rings (SSSR count). The Labute approximate surface area is 146 Å². The standard InChI is InChI=1S/C18H23N5O2/c1-3-6-15-11-17(23-18(21-15)19-13-20-23)22(9-10-24)12-14-7-4-5-8-16(14)25-2/h4-5,7-8,11,13,24H,3,6,9-10,12H2,1-2H3. The highest BCUT2D eigenvalue weighted by Crippen LogP contribution is 2.24. The summed E-state index contributed by atoms with van der Waals surface area (Å²) in [5, 5.41) is 13.9. The molecule has 3 aromatic rings. The largest absolute Gasteiger partial charge is 0.496 e. The number of benzene rings is 1. The van der Waals surface area contributed by atoms with E-state index in [0.29, 0.717) is 18.9 Å². The first-order valence-electron chi connectivity index (χ1n) is 8.44. The van der Waals surface area contributed by atoms with Gasteiger partial charge in [-0.1, -0.05) is 31.5 Å². The third-order valence-electron chi connectivity index (χ3n) is 4.04. The number of para-hydroxylation sites is 1. The fourth-order valence-corrected chi connectivity index (χ4v) is 2.89. The SMILES string of the molecule is CCCc1cc(N(CCO)Cc2ccccc2OC)n2ncnc2n1. The number of fused-ring (bicyclic) bond motifs is 1. The monoisotopic (exact) mass is 341 g/mol. The number of aliphatic hydroxyl groups is 1. The van der Waals surface area contributed by atoms with Gasteiger partial charge < -0.3 is 14.7 Å². The van der Waals surface area contributed by atoms with Crippen LogP contribution in [-0.4, -0.2) is 45.0 Å². The number of methoxy groups -OCH3 is 1. The van der Waals surface area contributed by atoms with Crippen molar-refractivity contribution in [3.63, 3.8) is 0 Å². The van der Waals surface area contributed by atoms with Crippen LogP contribution in [0.15, 0.2) is 36.7 Å². The first-order valence-corrected chi connectivity index (χ1v) is 8.44. The molecular weight excluding hydrogens is 318 g/mol. The van der Waals surface area contributed by atoms with Crippen molar-refractivity contribution >= 4 is 11.6 Å². The summed E-state index contributed by atoms with van der Waals surface area (Å²) < 4.78 is 7.17. The molecule has 25 heavy (non-hydrogen) atoms. The van der Waals surface area contributed by atoms with Crippen LogP contribution in [0, 0.1) is 0 Å². The molecule has 0 aliphatic heterocycles. The van der Waals surface area contributed by atoms with E-state index in [4.69, 9.17) is 4.74 Å². The van der Waals surface area contributed by atoms with Crippen LogP contribution in [0.5, 0.6) is 5.75 Å². The third kappa shape index (κ3) is 3.71. The van der Waals surface area contributed by atoms with Crippen molar-refractivity contribution in [2.45, 2.75) is 26.3 Å². The number of anilines is 1. The van der Waals surface area contributed by atoms with Gasteiger partial charge in [0.2, 0.25) is 0 Å². The number of aromatic nitrogens is 4. The summed E-state index contributed by atoms with van der Waals surface area (Å²) in [6, 6.07) is 9.91. The van der Waals surface area contributed by atoms with E-state index in [-0.39, 0.29) is 6.61 Å². The predicted molar refractivity (Wildman–Crippen MR) is 95.9 cm³/mol. The Kier molecular flexibility index (Phi) is 5.45. The highest BCUT2D eigenvalue weighted by Gasteiger charge is 2.16. The van der Waals surface area contributed by atoms with Crippen molar-refractivity contribution < 1.29 is 9.84 Å². The van der Waals surface area contributed by atoms with Gasteiger partial charge in [-0.25, -0.2) is 4.98 Å². The van der Waals surface area contributed by atoms with Gasteiger partial charge in [0.05, 0.1) is 13.7 Å². The van der Waals surface area contributed by atoms with Crippen molar-refractivity contribution in [2.75, 3.05) is 25.2 Å². The van der Waals surface area contributed by atoms with Crippen LogP contribution >= 0.6 is 0 Å². The number of aryl methyl sites for hydroxylation is 1. The van der Waals surface area contributed by atoms with E-state index < -0.39 is 0 Å². The van der Waals surface area contributed by atoms with Crippen LogP contribution in [-0.2, 0) is 13.0 Å². The zero-order valence-electron chi connectivity index (χ0n) is 14.6. The van der Waals surface area contributed by atoms with Crippen LogP contribution < -0.4 is 9.64 Å². The number of rotatable bonds is 8. The second kappa shape index (κ2) is 7.94. The number of hydrogen-bond acceptors (Lipinski definition) is 6. The lowest BCUT2D eigenvalue weighted by atomic mass is 10.1. The lowest BCUT2D eigenvalue weighted by molar-refractivity contribution is 0.300. The topological polar surface area (TPSA) is 75.8 Å². The molecule has 2 aromatic heterocycles. The lowest BCUT2D eigenvalue weighted by Gasteiger charge is -2.25. The van der Waals surface area contributed by atoms with Crippen LogP contribution in [0.3, 0.4) is 0 Å². The average Bonchev–Trinajstić information content (AvgIpc) is 3.10. The Bertz CT molecular complexity index is 833. The fourth-order valence-electron chi connectivity index (χ4n) is 2.89. The van der Waals surface area contributed by atoms with Gasteiger partial charge in [-0.3, -0.25) is 0 Å². The Balaban J connectivity index is 2.02. The van der Waals surface area contributed by atoms with Crippen LogP contribution in [0.2, 0.25) is 0 Å². The Morgan fingerprint density at radius 2 is 2.12 bits per heavy atom. The maximum atomic E-state index is 9.56.